The molecule has 0 radical (unpaired) electrons. The first-order valence-corrected chi connectivity index (χ1v) is 6.75. The number of primary amides is 1. The molecule has 1 fully saturated rings. The van der Waals surface area contributed by atoms with Crippen molar-refractivity contribution < 1.29 is 4.79 Å². The van der Waals surface area contributed by atoms with Crippen molar-refractivity contribution in [2.75, 3.05) is 24.6 Å². The fraction of sp³-hybridized carbons (Fsp3) is 0.400. The van der Waals surface area contributed by atoms with E-state index < -0.39 is 5.91 Å². The molecule has 1 aliphatic heterocycles. The zero-order chi connectivity index (χ0) is 13.8. The summed E-state index contributed by atoms with van der Waals surface area (Å²) in [5.41, 5.74) is 7.56. The number of anilines is 1. The number of amides is 1. The molecule has 0 aromatic heterocycles. The topological polar surface area (TPSA) is 49.6 Å². The SMILES string of the molecule is C=C(C(N)=O)c1ccccc1N(CC)N1CCCC1. The Labute approximate surface area is 114 Å². The fourth-order valence-corrected chi connectivity index (χ4v) is 2.55. The first-order valence-electron chi connectivity index (χ1n) is 6.75. The Morgan fingerprint density at radius 3 is 2.58 bits per heavy atom. The number of carbonyl (C=O) groups excluding carboxylic acids is 1. The van der Waals surface area contributed by atoms with E-state index in [1.54, 1.807) is 0 Å². The van der Waals surface area contributed by atoms with Crippen LogP contribution in [0.1, 0.15) is 25.3 Å². The minimum atomic E-state index is -0.468. The van der Waals surface area contributed by atoms with E-state index in [0.717, 1.165) is 30.9 Å². The molecule has 102 valence electrons. The lowest BCUT2D eigenvalue weighted by Crippen LogP contribution is -2.41. The number of rotatable bonds is 5. The van der Waals surface area contributed by atoms with Gasteiger partial charge in [0.2, 0.25) is 5.91 Å². The third-order valence-corrected chi connectivity index (χ3v) is 3.53. The Morgan fingerprint density at radius 1 is 1.37 bits per heavy atom. The van der Waals surface area contributed by atoms with Crippen LogP contribution in [-0.4, -0.2) is 30.6 Å². The fourth-order valence-electron chi connectivity index (χ4n) is 2.55. The van der Waals surface area contributed by atoms with Crippen LogP contribution in [0.15, 0.2) is 30.8 Å². The van der Waals surface area contributed by atoms with Gasteiger partial charge in [0.05, 0.1) is 5.69 Å². The van der Waals surface area contributed by atoms with Gasteiger partial charge in [-0.1, -0.05) is 24.8 Å². The number of hydrogen-bond donors (Lipinski definition) is 1. The van der Waals surface area contributed by atoms with Gasteiger partial charge in [0.25, 0.3) is 0 Å². The smallest absolute Gasteiger partial charge is 0.248 e. The number of benzene rings is 1. The first kappa shape index (κ1) is 13.6. The molecule has 2 N–H and O–H groups in total. The van der Waals surface area contributed by atoms with E-state index >= 15 is 0 Å². The summed E-state index contributed by atoms with van der Waals surface area (Å²) in [7, 11) is 0. The van der Waals surface area contributed by atoms with Crippen molar-refractivity contribution in [2.24, 2.45) is 5.73 Å². The van der Waals surface area contributed by atoms with Gasteiger partial charge in [-0.3, -0.25) is 4.79 Å². The van der Waals surface area contributed by atoms with Crippen LogP contribution in [0.4, 0.5) is 5.69 Å². The van der Waals surface area contributed by atoms with E-state index in [1.807, 2.05) is 24.3 Å². The summed E-state index contributed by atoms with van der Waals surface area (Å²) in [6.45, 7) is 8.91. The van der Waals surface area contributed by atoms with E-state index in [2.05, 4.69) is 23.5 Å². The molecule has 1 heterocycles. The Morgan fingerprint density at radius 2 is 2.00 bits per heavy atom. The normalized spacial score (nSPS) is 15.4. The van der Waals surface area contributed by atoms with Crippen LogP contribution in [0.25, 0.3) is 5.57 Å². The maximum absolute atomic E-state index is 11.4. The molecule has 1 amide bonds. The van der Waals surface area contributed by atoms with E-state index in [0.29, 0.717) is 5.57 Å². The Kier molecular flexibility index (Phi) is 4.22. The number of hydrazine groups is 1. The van der Waals surface area contributed by atoms with Crippen LogP contribution in [0.2, 0.25) is 0 Å². The minimum absolute atomic E-state index is 0.369. The highest BCUT2D eigenvalue weighted by Crippen LogP contribution is 2.28. The highest BCUT2D eigenvalue weighted by molar-refractivity contribution is 6.19. The molecule has 1 saturated heterocycles. The van der Waals surface area contributed by atoms with Gasteiger partial charge in [-0.05, 0) is 25.8 Å². The Hall–Kier alpha value is -1.81. The van der Waals surface area contributed by atoms with Gasteiger partial charge in [-0.2, -0.15) is 0 Å². The van der Waals surface area contributed by atoms with Gasteiger partial charge >= 0.3 is 0 Å². The van der Waals surface area contributed by atoms with E-state index in [1.165, 1.54) is 12.8 Å². The first-order chi connectivity index (χ1) is 9.15. The average Bonchev–Trinajstić information content (AvgIpc) is 2.93. The summed E-state index contributed by atoms with van der Waals surface area (Å²) in [6, 6.07) is 7.81. The lowest BCUT2D eigenvalue weighted by molar-refractivity contribution is -0.112. The molecule has 0 unspecified atom stereocenters. The van der Waals surface area contributed by atoms with Crippen molar-refractivity contribution >= 4 is 17.2 Å². The summed E-state index contributed by atoms with van der Waals surface area (Å²) in [6.07, 6.45) is 2.44. The number of carbonyl (C=O) groups is 1. The maximum atomic E-state index is 11.4. The van der Waals surface area contributed by atoms with Crippen molar-refractivity contribution in [1.29, 1.82) is 0 Å². The standard InChI is InChI=1S/C15H21N3O/c1-3-18(17-10-6-7-11-17)14-9-5-4-8-13(14)12(2)15(16)19/h4-5,8-9H,2-3,6-7,10-11H2,1H3,(H2,16,19). The van der Waals surface area contributed by atoms with Crippen LogP contribution in [-0.2, 0) is 4.79 Å². The predicted octanol–water partition coefficient (Wildman–Crippen LogP) is 2.02. The molecule has 19 heavy (non-hydrogen) atoms. The van der Waals surface area contributed by atoms with Crippen LogP contribution in [0, 0.1) is 0 Å². The van der Waals surface area contributed by atoms with E-state index in [9.17, 15) is 4.79 Å². The van der Waals surface area contributed by atoms with Crippen molar-refractivity contribution in [3.05, 3.63) is 36.4 Å². The zero-order valence-corrected chi connectivity index (χ0v) is 11.4. The van der Waals surface area contributed by atoms with Crippen LogP contribution < -0.4 is 10.7 Å². The molecule has 4 nitrogen and oxygen atoms in total. The minimum Gasteiger partial charge on any atom is -0.366 e. The zero-order valence-electron chi connectivity index (χ0n) is 11.4. The second-order valence-electron chi connectivity index (χ2n) is 4.74. The molecular formula is C15H21N3O. The maximum Gasteiger partial charge on any atom is 0.248 e. The van der Waals surface area contributed by atoms with Gasteiger partial charge < -0.3 is 10.7 Å². The molecule has 0 atom stereocenters. The molecule has 4 heteroatoms. The molecule has 0 bridgehead atoms. The van der Waals surface area contributed by atoms with Gasteiger partial charge in [-0.15, -0.1) is 0 Å². The van der Waals surface area contributed by atoms with Gasteiger partial charge in [0, 0.05) is 30.8 Å². The average molecular weight is 259 g/mol. The number of nitrogens with zero attached hydrogens (tertiary/aromatic N) is 2. The van der Waals surface area contributed by atoms with Crippen molar-refractivity contribution in [1.82, 2.24) is 5.01 Å². The monoisotopic (exact) mass is 259 g/mol. The molecule has 0 saturated carbocycles. The third kappa shape index (κ3) is 2.79. The van der Waals surface area contributed by atoms with E-state index in [-0.39, 0.29) is 0 Å². The van der Waals surface area contributed by atoms with Gasteiger partial charge in [0.1, 0.15) is 0 Å². The molecule has 1 aliphatic rings. The van der Waals surface area contributed by atoms with Gasteiger partial charge in [0.15, 0.2) is 0 Å². The molecule has 2 rings (SSSR count). The second kappa shape index (κ2) is 5.89. The quantitative estimate of drug-likeness (QED) is 0.823. The lowest BCUT2D eigenvalue weighted by atomic mass is 10.0. The highest BCUT2D eigenvalue weighted by atomic mass is 16.1. The summed E-state index contributed by atoms with van der Waals surface area (Å²) >= 11 is 0. The number of hydrogen-bond acceptors (Lipinski definition) is 3. The third-order valence-electron chi connectivity index (χ3n) is 3.53. The van der Waals surface area contributed by atoms with Gasteiger partial charge in [-0.25, -0.2) is 5.01 Å². The number of para-hydroxylation sites is 1. The van der Waals surface area contributed by atoms with E-state index in [4.69, 9.17) is 5.73 Å². The summed E-state index contributed by atoms with van der Waals surface area (Å²) in [5.74, 6) is -0.468. The molecule has 1 aromatic carbocycles. The van der Waals surface area contributed by atoms with Crippen LogP contribution in [0.5, 0.6) is 0 Å². The second-order valence-corrected chi connectivity index (χ2v) is 4.74. The summed E-state index contributed by atoms with van der Waals surface area (Å²) in [4.78, 5) is 11.4. The largest absolute Gasteiger partial charge is 0.366 e. The summed E-state index contributed by atoms with van der Waals surface area (Å²) in [5, 5.41) is 4.55. The van der Waals surface area contributed by atoms with Crippen LogP contribution in [0.3, 0.4) is 0 Å². The van der Waals surface area contributed by atoms with Crippen LogP contribution >= 0.6 is 0 Å². The lowest BCUT2D eigenvalue weighted by Gasteiger charge is -2.34. The molecule has 1 aromatic rings. The van der Waals surface area contributed by atoms with Crippen molar-refractivity contribution in [3.63, 3.8) is 0 Å². The molecular weight excluding hydrogens is 238 g/mol. The Balaban J connectivity index is 2.36. The van der Waals surface area contributed by atoms with Crippen molar-refractivity contribution in [2.45, 2.75) is 19.8 Å². The van der Waals surface area contributed by atoms with Crippen molar-refractivity contribution in [3.8, 4) is 0 Å². The predicted molar refractivity (Wildman–Crippen MR) is 78.5 cm³/mol. The number of nitrogens with two attached hydrogens (primary N) is 1. The highest BCUT2D eigenvalue weighted by Gasteiger charge is 2.22. The molecule has 0 spiro atoms. The summed E-state index contributed by atoms with van der Waals surface area (Å²) < 4.78 is 0. The Bertz CT molecular complexity index is 478. The molecule has 0 aliphatic carbocycles.